The third-order valence-corrected chi connectivity index (χ3v) is 3.97. The molecule has 0 N–H and O–H groups in total. The smallest absolute Gasteiger partial charge is 0.0835 e. The van der Waals surface area contributed by atoms with Gasteiger partial charge in [0.1, 0.15) is 0 Å². The van der Waals surface area contributed by atoms with E-state index in [-0.39, 0.29) is 5.38 Å². The van der Waals surface area contributed by atoms with E-state index < -0.39 is 0 Å². The van der Waals surface area contributed by atoms with Crippen LogP contribution in [0.25, 0.3) is 0 Å². The van der Waals surface area contributed by atoms with Gasteiger partial charge in [0.15, 0.2) is 0 Å². The van der Waals surface area contributed by atoms with Gasteiger partial charge in [-0.25, -0.2) is 0 Å². The Hall–Kier alpha value is -1.27. The highest BCUT2D eigenvalue weighted by Gasteiger charge is 2.10. The monoisotopic (exact) mass is 272 g/mol. The maximum Gasteiger partial charge on any atom is 0.0835 e. The Morgan fingerprint density at radius 1 is 0.895 bits per heavy atom. The minimum Gasteiger partial charge on any atom is -0.113 e. The van der Waals surface area contributed by atoms with Crippen molar-refractivity contribution in [2.45, 2.75) is 38.5 Å². The average molecular weight is 273 g/mol. The fourth-order valence-electron chi connectivity index (χ4n) is 2.16. The lowest BCUT2D eigenvalue weighted by Crippen LogP contribution is -1.94. The van der Waals surface area contributed by atoms with Gasteiger partial charge in [-0.15, -0.1) is 11.6 Å². The molecule has 0 amide bonds. The normalized spacial score (nSPS) is 12.4. The first kappa shape index (κ1) is 14.1. The van der Waals surface area contributed by atoms with E-state index in [1.165, 1.54) is 29.5 Å². The maximum absolute atomic E-state index is 6.54. The molecule has 0 bridgehead atoms. The highest BCUT2D eigenvalue weighted by molar-refractivity contribution is 6.22. The van der Waals surface area contributed by atoms with Crippen LogP contribution in [-0.4, -0.2) is 0 Å². The summed E-state index contributed by atoms with van der Waals surface area (Å²) in [6.07, 6.45) is 3.65. The van der Waals surface area contributed by atoms with Gasteiger partial charge in [0.25, 0.3) is 0 Å². The molecule has 1 atom stereocenters. The summed E-state index contributed by atoms with van der Waals surface area (Å²) >= 11 is 6.54. The van der Waals surface area contributed by atoms with E-state index in [0.29, 0.717) is 0 Å². The lowest BCUT2D eigenvalue weighted by Gasteiger charge is -2.11. The van der Waals surface area contributed by atoms with Crippen LogP contribution in [0.5, 0.6) is 0 Å². The fraction of sp³-hybridized carbons (Fsp3) is 0.333. The van der Waals surface area contributed by atoms with Gasteiger partial charge in [0.05, 0.1) is 5.38 Å². The first-order valence-corrected chi connectivity index (χ1v) is 7.44. The molecular weight excluding hydrogens is 252 g/mol. The number of unbranched alkanes of at least 4 members (excludes halogenated alkanes) is 1. The van der Waals surface area contributed by atoms with Crippen molar-refractivity contribution in [1.29, 1.82) is 0 Å². The van der Waals surface area contributed by atoms with Crippen LogP contribution >= 0.6 is 11.6 Å². The Kier molecular flexibility index (Phi) is 5.04. The van der Waals surface area contributed by atoms with Crippen LogP contribution in [0.1, 0.15) is 47.4 Å². The Labute approximate surface area is 121 Å². The van der Waals surface area contributed by atoms with Gasteiger partial charge in [-0.05, 0) is 36.5 Å². The van der Waals surface area contributed by atoms with Gasteiger partial charge >= 0.3 is 0 Å². The highest BCUT2D eigenvalue weighted by atomic mass is 35.5. The summed E-state index contributed by atoms with van der Waals surface area (Å²) in [5, 5.41) is -0.0548. The number of aryl methyl sites for hydroxylation is 2. The molecular formula is C18H21Cl. The summed E-state index contributed by atoms with van der Waals surface area (Å²) in [6.45, 7) is 4.32. The molecule has 2 rings (SSSR count). The predicted octanol–water partition coefficient (Wildman–Crippen LogP) is 5.67. The van der Waals surface area contributed by atoms with Crippen LogP contribution < -0.4 is 0 Å². The van der Waals surface area contributed by atoms with Crippen LogP contribution in [0.4, 0.5) is 0 Å². The molecule has 0 fully saturated rings. The zero-order valence-corrected chi connectivity index (χ0v) is 12.5. The van der Waals surface area contributed by atoms with Crippen molar-refractivity contribution >= 4 is 11.6 Å². The number of rotatable bonds is 5. The summed E-state index contributed by atoms with van der Waals surface area (Å²) in [5.41, 5.74) is 5.00. The first-order valence-electron chi connectivity index (χ1n) is 7.00. The summed E-state index contributed by atoms with van der Waals surface area (Å²) in [5.74, 6) is 0. The van der Waals surface area contributed by atoms with Gasteiger partial charge in [0, 0.05) is 0 Å². The topological polar surface area (TPSA) is 0 Å². The molecule has 0 saturated heterocycles. The van der Waals surface area contributed by atoms with Crippen molar-refractivity contribution < 1.29 is 0 Å². The van der Waals surface area contributed by atoms with E-state index in [1.807, 2.05) is 0 Å². The third kappa shape index (κ3) is 3.84. The molecule has 0 aliphatic rings. The fourth-order valence-corrected chi connectivity index (χ4v) is 2.45. The number of halogens is 1. The maximum atomic E-state index is 6.54. The molecule has 0 spiro atoms. The van der Waals surface area contributed by atoms with Crippen molar-refractivity contribution in [3.05, 3.63) is 70.8 Å². The van der Waals surface area contributed by atoms with Crippen molar-refractivity contribution in [2.24, 2.45) is 0 Å². The quantitative estimate of drug-likeness (QED) is 0.616. The van der Waals surface area contributed by atoms with Crippen molar-refractivity contribution in [1.82, 2.24) is 0 Å². The van der Waals surface area contributed by atoms with Crippen molar-refractivity contribution in [3.63, 3.8) is 0 Å². The molecule has 0 nitrogen and oxygen atoms in total. The van der Waals surface area contributed by atoms with Gasteiger partial charge < -0.3 is 0 Å². The largest absolute Gasteiger partial charge is 0.113 e. The molecule has 1 heteroatoms. The number of hydrogen-bond donors (Lipinski definition) is 0. The summed E-state index contributed by atoms with van der Waals surface area (Å²) < 4.78 is 0. The van der Waals surface area contributed by atoms with Crippen LogP contribution in [0, 0.1) is 6.92 Å². The third-order valence-electron chi connectivity index (χ3n) is 3.46. The second-order valence-electron chi connectivity index (χ2n) is 5.12. The Morgan fingerprint density at radius 3 is 1.95 bits per heavy atom. The van der Waals surface area contributed by atoms with Crippen LogP contribution in [0.2, 0.25) is 0 Å². The number of alkyl halides is 1. The van der Waals surface area contributed by atoms with E-state index in [9.17, 15) is 0 Å². The van der Waals surface area contributed by atoms with Crippen molar-refractivity contribution in [3.8, 4) is 0 Å². The van der Waals surface area contributed by atoms with Crippen molar-refractivity contribution in [2.75, 3.05) is 0 Å². The van der Waals surface area contributed by atoms with Gasteiger partial charge in [-0.1, -0.05) is 67.4 Å². The Bertz CT molecular complexity index is 496. The Morgan fingerprint density at radius 2 is 1.42 bits per heavy atom. The molecule has 0 saturated carbocycles. The second-order valence-corrected chi connectivity index (χ2v) is 5.55. The second kappa shape index (κ2) is 6.77. The average Bonchev–Trinajstić information content (AvgIpc) is 2.46. The number of hydrogen-bond acceptors (Lipinski definition) is 0. The van der Waals surface area contributed by atoms with E-state index in [0.717, 1.165) is 12.0 Å². The van der Waals surface area contributed by atoms with E-state index >= 15 is 0 Å². The van der Waals surface area contributed by atoms with Gasteiger partial charge in [0.2, 0.25) is 0 Å². The minimum atomic E-state index is -0.0548. The zero-order chi connectivity index (χ0) is 13.7. The molecule has 2 aromatic rings. The SMILES string of the molecule is CCCCc1ccc(C(Cl)c2ccc(C)cc2)cc1. The standard InChI is InChI=1S/C18H21Cl/c1-3-4-5-15-8-12-17(13-9-15)18(19)16-10-6-14(2)7-11-16/h6-13,18H,3-5H2,1-2H3. The summed E-state index contributed by atoms with van der Waals surface area (Å²) in [4.78, 5) is 0. The van der Waals surface area contributed by atoms with Gasteiger partial charge in [-0.2, -0.15) is 0 Å². The molecule has 0 aliphatic heterocycles. The lowest BCUT2D eigenvalue weighted by molar-refractivity contribution is 0.794. The molecule has 0 aliphatic carbocycles. The van der Waals surface area contributed by atoms with Gasteiger partial charge in [-0.3, -0.25) is 0 Å². The van der Waals surface area contributed by atoms with Crippen LogP contribution in [-0.2, 0) is 6.42 Å². The Balaban J connectivity index is 2.10. The predicted molar refractivity (Wildman–Crippen MR) is 83.9 cm³/mol. The van der Waals surface area contributed by atoms with Crippen LogP contribution in [0.15, 0.2) is 48.5 Å². The van der Waals surface area contributed by atoms with E-state index in [4.69, 9.17) is 11.6 Å². The summed E-state index contributed by atoms with van der Waals surface area (Å²) in [7, 11) is 0. The summed E-state index contributed by atoms with van der Waals surface area (Å²) in [6, 6.07) is 17.2. The molecule has 0 heterocycles. The minimum absolute atomic E-state index is 0.0548. The molecule has 1 unspecified atom stereocenters. The van der Waals surface area contributed by atoms with Crippen LogP contribution in [0.3, 0.4) is 0 Å². The molecule has 2 aromatic carbocycles. The van der Waals surface area contributed by atoms with E-state index in [1.54, 1.807) is 0 Å². The first-order chi connectivity index (χ1) is 9.20. The lowest BCUT2D eigenvalue weighted by atomic mass is 10.0. The molecule has 0 aromatic heterocycles. The van der Waals surface area contributed by atoms with E-state index in [2.05, 4.69) is 62.4 Å². The highest BCUT2D eigenvalue weighted by Crippen LogP contribution is 2.29. The molecule has 19 heavy (non-hydrogen) atoms. The zero-order valence-electron chi connectivity index (χ0n) is 11.7. The number of benzene rings is 2. The molecule has 100 valence electrons. The molecule has 0 radical (unpaired) electrons.